The Labute approximate surface area is 169 Å². The minimum Gasteiger partial charge on any atom is -0.496 e. The molecule has 8 nitrogen and oxygen atoms in total. The first-order valence-corrected chi connectivity index (χ1v) is 9.43. The summed E-state index contributed by atoms with van der Waals surface area (Å²) in [6, 6.07) is 16.6. The van der Waals surface area contributed by atoms with Gasteiger partial charge in [0.15, 0.2) is 11.6 Å². The van der Waals surface area contributed by atoms with Gasteiger partial charge in [-0.2, -0.15) is 0 Å². The van der Waals surface area contributed by atoms with Crippen LogP contribution in [0.1, 0.15) is 10.4 Å². The summed E-state index contributed by atoms with van der Waals surface area (Å²) in [4.78, 5) is 21.3. The van der Waals surface area contributed by atoms with Crippen molar-refractivity contribution < 1.29 is 9.53 Å². The summed E-state index contributed by atoms with van der Waals surface area (Å²) in [7, 11) is 1.54. The average molecular weight is 390 g/mol. The second-order valence-electron chi connectivity index (χ2n) is 6.59. The number of piperazine rings is 1. The van der Waals surface area contributed by atoms with E-state index in [9.17, 15) is 4.79 Å². The SMILES string of the molecule is COc1ccccc1C(=O)Nc1ccc(N2CCN(c3ccccn3)CC2)nn1. The molecule has 0 saturated carbocycles. The van der Waals surface area contributed by atoms with Gasteiger partial charge in [-0.15, -0.1) is 10.2 Å². The zero-order valence-electron chi connectivity index (χ0n) is 16.2. The Morgan fingerprint density at radius 1 is 0.897 bits per heavy atom. The van der Waals surface area contributed by atoms with Gasteiger partial charge in [0, 0.05) is 32.4 Å². The highest BCUT2D eigenvalue weighted by atomic mass is 16.5. The molecule has 8 heteroatoms. The number of hydrogen-bond donors (Lipinski definition) is 1. The molecule has 0 atom stereocenters. The summed E-state index contributed by atoms with van der Waals surface area (Å²) in [5, 5.41) is 11.2. The fourth-order valence-electron chi connectivity index (χ4n) is 3.28. The molecular formula is C21H22N6O2. The van der Waals surface area contributed by atoms with Gasteiger partial charge >= 0.3 is 0 Å². The van der Waals surface area contributed by atoms with Gasteiger partial charge in [0.1, 0.15) is 11.6 Å². The number of pyridine rings is 1. The molecule has 1 aliphatic heterocycles. The predicted octanol–water partition coefficient (Wildman–Crippen LogP) is 2.46. The summed E-state index contributed by atoms with van der Waals surface area (Å²) in [6.45, 7) is 3.40. The van der Waals surface area contributed by atoms with Crippen LogP contribution in [0.2, 0.25) is 0 Å². The molecule has 3 heterocycles. The first-order chi connectivity index (χ1) is 14.2. The zero-order chi connectivity index (χ0) is 20.1. The van der Waals surface area contributed by atoms with Crippen LogP contribution >= 0.6 is 0 Å². The van der Waals surface area contributed by atoms with Gasteiger partial charge in [0.25, 0.3) is 5.91 Å². The van der Waals surface area contributed by atoms with E-state index in [1.807, 2.05) is 36.5 Å². The van der Waals surface area contributed by atoms with Crippen LogP contribution in [0.25, 0.3) is 0 Å². The molecule has 0 bridgehead atoms. The van der Waals surface area contributed by atoms with Gasteiger partial charge in [0.2, 0.25) is 0 Å². The number of ether oxygens (including phenoxy) is 1. The van der Waals surface area contributed by atoms with Gasteiger partial charge in [-0.3, -0.25) is 4.79 Å². The minimum atomic E-state index is -0.284. The third-order valence-corrected chi connectivity index (χ3v) is 4.82. The van der Waals surface area contributed by atoms with Crippen molar-refractivity contribution >= 4 is 23.4 Å². The zero-order valence-corrected chi connectivity index (χ0v) is 16.2. The molecule has 1 saturated heterocycles. The number of nitrogens with zero attached hydrogens (tertiary/aromatic N) is 5. The van der Waals surface area contributed by atoms with Crippen LogP contribution in [-0.2, 0) is 0 Å². The molecule has 29 heavy (non-hydrogen) atoms. The number of carbonyl (C=O) groups is 1. The maximum absolute atomic E-state index is 12.5. The van der Waals surface area contributed by atoms with E-state index in [2.05, 4.69) is 30.3 Å². The number of benzene rings is 1. The van der Waals surface area contributed by atoms with Crippen molar-refractivity contribution in [3.63, 3.8) is 0 Å². The van der Waals surface area contributed by atoms with Crippen LogP contribution < -0.4 is 19.9 Å². The van der Waals surface area contributed by atoms with Crippen LogP contribution in [0.5, 0.6) is 5.75 Å². The van der Waals surface area contributed by atoms with E-state index < -0.39 is 0 Å². The van der Waals surface area contributed by atoms with Crippen LogP contribution in [-0.4, -0.2) is 54.4 Å². The maximum Gasteiger partial charge on any atom is 0.260 e. The molecule has 1 fully saturated rings. The third-order valence-electron chi connectivity index (χ3n) is 4.82. The minimum absolute atomic E-state index is 0.284. The Kier molecular flexibility index (Phi) is 5.51. The Hall–Kier alpha value is -3.68. The molecule has 1 N–H and O–H groups in total. The molecule has 4 rings (SSSR count). The first kappa shape index (κ1) is 18.7. The Morgan fingerprint density at radius 2 is 1.62 bits per heavy atom. The summed E-state index contributed by atoms with van der Waals surface area (Å²) in [6.07, 6.45) is 1.81. The number of methoxy groups -OCH3 is 1. The first-order valence-electron chi connectivity index (χ1n) is 9.43. The molecule has 0 radical (unpaired) electrons. The van der Waals surface area contributed by atoms with Crippen molar-refractivity contribution in [3.8, 4) is 5.75 Å². The van der Waals surface area contributed by atoms with E-state index in [1.165, 1.54) is 7.11 Å². The molecule has 1 amide bonds. The maximum atomic E-state index is 12.5. The van der Waals surface area contributed by atoms with Gasteiger partial charge in [-0.25, -0.2) is 4.98 Å². The molecule has 0 aliphatic carbocycles. The van der Waals surface area contributed by atoms with Gasteiger partial charge in [-0.05, 0) is 36.4 Å². The van der Waals surface area contributed by atoms with Crippen LogP contribution in [0.4, 0.5) is 17.5 Å². The van der Waals surface area contributed by atoms with E-state index >= 15 is 0 Å². The molecule has 0 spiro atoms. The highest BCUT2D eigenvalue weighted by Crippen LogP contribution is 2.20. The second kappa shape index (κ2) is 8.55. The average Bonchev–Trinajstić information content (AvgIpc) is 2.80. The molecule has 3 aromatic rings. The van der Waals surface area contributed by atoms with Crippen molar-refractivity contribution in [2.75, 3.05) is 48.4 Å². The molecule has 1 aliphatic rings. The van der Waals surface area contributed by atoms with Crippen LogP contribution in [0.15, 0.2) is 60.8 Å². The Morgan fingerprint density at radius 3 is 2.28 bits per heavy atom. The number of aromatic nitrogens is 3. The van der Waals surface area contributed by atoms with Crippen molar-refractivity contribution in [1.29, 1.82) is 0 Å². The molecule has 2 aromatic heterocycles. The van der Waals surface area contributed by atoms with Gasteiger partial charge < -0.3 is 19.9 Å². The fraction of sp³-hybridized carbons (Fsp3) is 0.238. The standard InChI is InChI=1S/C21H22N6O2/c1-29-17-7-3-2-6-16(17)21(28)23-18-9-10-20(25-24-18)27-14-12-26(13-15-27)19-8-4-5-11-22-19/h2-11H,12-15H2,1H3,(H,23,24,28). The summed E-state index contributed by atoms with van der Waals surface area (Å²) < 4.78 is 5.23. The Bertz CT molecular complexity index is 956. The largest absolute Gasteiger partial charge is 0.496 e. The van der Waals surface area contributed by atoms with Gasteiger partial charge in [-0.1, -0.05) is 18.2 Å². The van der Waals surface area contributed by atoms with Crippen molar-refractivity contribution in [2.45, 2.75) is 0 Å². The molecule has 0 unspecified atom stereocenters. The topological polar surface area (TPSA) is 83.5 Å². The smallest absolute Gasteiger partial charge is 0.260 e. The summed E-state index contributed by atoms with van der Waals surface area (Å²) in [5.74, 6) is 2.42. The van der Waals surface area contributed by atoms with E-state index in [0.717, 1.165) is 37.8 Å². The lowest BCUT2D eigenvalue weighted by Crippen LogP contribution is -2.47. The van der Waals surface area contributed by atoms with E-state index in [1.54, 1.807) is 24.3 Å². The lowest BCUT2D eigenvalue weighted by Gasteiger charge is -2.35. The van der Waals surface area contributed by atoms with E-state index in [-0.39, 0.29) is 5.91 Å². The van der Waals surface area contributed by atoms with Crippen molar-refractivity contribution in [1.82, 2.24) is 15.2 Å². The summed E-state index contributed by atoms with van der Waals surface area (Å²) in [5.41, 5.74) is 0.450. The van der Waals surface area contributed by atoms with Crippen LogP contribution in [0, 0.1) is 0 Å². The number of para-hydroxylation sites is 1. The molecule has 1 aromatic carbocycles. The third kappa shape index (κ3) is 4.26. The fourth-order valence-corrected chi connectivity index (χ4v) is 3.28. The quantitative estimate of drug-likeness (QED) is 0.716. The number of hydrogen-bond acceptors (Lipinski definition) is 7. The van der Waals surface area contributed by atoms with Crippen molar-refractivity contribution in [2.24, 2.45) is 0 Å². The molecular weight excluding hydrogens is 368 g/mol. The second-order valence-corrected chi connectivity index (χ2v) is 6.59. The number of amides is 1. The molecule has 148 valence electrons. The normalized spacial score (nSPS) is 13.8. The predicted molar refractivity (Wildman–Crippen MR) is 112 cm³/mol. The van der Waals surface area contributed by atoms with Gasteiger partial charge in [0.05, 0.1) is 12.7 Å². The Balaban J connectivity index is 1.37. The monoisotopic (exact) mass is 390 g/mol. The summed E-state index contributed by atoms with van der Waals surface area (Å²) >= 11 is 0. The van der Waals surface area contributed by atoms with Crippen LogP contribution in [0.3, 0.4) is 0 Å². The number of carbonyl (C=O) groups excluding carboxylic acids is 1. The highest BCUT2D eigenvalue weighted by molar-refractivity contribution is 6.05. The number of anilines is 3. The lowest BCUT2D eigenvalue weighted by molar-refractivity contribution is 0.102. The number of rotatable bonds is 5. The lowest BCUT2D eigenvalue weighted by atomic mass is 10.2. The highest BCUT2D eigenvalue weighted by Gasteiger charge is 2.19. The van der Waals surface area contributed by atoms with E-state index in [0.29, 0.717) is 17.1 Å². The number of nitrogens with one attached hydrogen (secondary N) is 1. The van der Waals surface area contributed by atoms with E-state index in [4.69, 9.17) is 4.74 Å². The van der Waals surface area contributed by atoms with Crippen molar-refractivity contribution in [3.05, 3.63) is 66.4 Å².